The molecule has 1 heterocycles. The van der Waals surface area contributed by atoms with Gasteiger partial charge in [-0.25, -0.2) is 9.18 Å². The van der Waals surface area contributed by atoms with Gasteiger partial charge in [-0.3, -0.25) is 0 Å². The highest BCUT2D eigenvalue weighted by Gasteiger charge is 2.17. The monoisotopic (exact) mass is 303 g/mol. The first kappa shape index (κ1) is 15.6. The van der Waals surface area contributed by atoms with Crippen LogP contribution < -0.4 is 4.74 Å². The maximum atomic E-state index is 13.3. The fourth-order valence-corrected chi connectivity index (χ4v) is 1.96. The molecule has 1 N–H and O–H groups in total. The number of hydrogen-bond acceptors (Lipinski definition) is 4. The summed E-state index contributed by atoms with van der Waals surface area (Å²) in [5.41, 5.74) is 0. The zero-order chi connectivity index (χ0) is 15.9. The molecule has 6 heteroatoms. The lowest BCUT2D eigenvalue weighted by atomic mass is 10.0. The van der Waals surface area contributed by atoms with Crippen molar-refractivity contribution in [2.24, 2.45) is 0 Å². The van der Waals surface area contributed by atoms with Gasteiger partial charge in [-0.15, -0.1) is 0 Å². The van der Waals surface area contributed by atoms with Gasteiger partial charge in [0.05, 0.1) is 12.7 Å². The average Bonchev–Trinajstić information content (AvgIpc) is 2.99. The van der Waals surface area contributed by atoms with E-state index >= 15 is 0 Å². The number of nitriles is 1. The van der Waals surface area contributed by atoms with E-state index in [1.54, 1.807) is 12.1 Å². The van der Waals surface area contributed by atoms with E-state index in [-0.39, 0.29) is 18.1 Å². The summed E-state index contributed by atoms with van der Waals surface area (Å²) in [7, 11) is 0. The Morgan fingerprint density at radius 2 is 2.14 bits per heavy atom. The van der Waals surface area contributed by atoms with Gasteiger partial charge in [0.1, 0.15) is 11.7 Å². The van der Waals surface area contributed by atoms with Gasteiger partial charge in [0, 0.05) is 0 Å². The fraction of sp³-hybridized carbons (Fsp3) is 0.250. The van der Waals surface area contributed by atoms with E-state index < -0.39 is 17.7 Å². The van der Waals surface area contributed by atoms with Crippen LogP contribution in [-0.4, -0.2) is 17.7 Å². The summed E-state index contributed by atoms with van der Waals surface area (Å²) in [6, 6.07) is 11.0. The molecule has 0 aliphatic heterocycles. The van der Waals surface area contributed by atoms with Crippen molar-refractivity contribution >= 4 is 5.97 Å². The summed E-state index contributed by atoms with van der Waals surface area (Å²) in [5.74, 6) is -1.88. The minimum absolute atomic E-state index is 0.169. The van der Waals surface area contributed by atoms with Crippen LogP contribution in [0.3, 0.4) is 0 Å². The number of benzene rings is 1. The third-order valence-electron chi connectivity index (χ3n) is 3.07. The third-order valence-corrected chi connectivity index (χ3v) is 3.07. The van der Waals surface area contributed by atoms with Crippen molar-refractivity contribution in [3.05, 3.63) is 53.7 Å². The number of aromatic carboxylic acids is 1. The van der Waals surface area contributed by atoms with Gasteiger partial charge in [-0.2, -0.15) is 5.26 Å². The number of para-hydroxylation sites is 1. The number of rotatable bonds is 7. The molecule has 2 aromatic rings. The lowest BCUT2D eigenvalue weighted by molar-refractivity contribution is 0.0660. The van der Waals surface area contributed by atoms with Crippen molar-refractivity contribution in [3.8, 4) is 11.8 Å². The minimum Gasteiger partial charge on any atom is -0.491 e. The summed E-state index contributed by atoms with van der Waals surface area (Å²) >= 11 is 0. The van der Waals surface area contributed by atoms with E-state index in [1.165, 1.54) is 24.3 Å². The number of nitrogens with zero attached hydrogens (tertiary/aromatic N) is 1. The molecule has 0 fully saturated rings. The molecule has 0 saturated heterocycles. The maximum Gasteiger partial charge on any atom is 0.371 e. The van der Waals surface area contributed by atoms with E-state index in [2.05, 4.69) is 6.07 Å². The molecular formula is C16H14FNO4. The van der Waals surface area contributed by atoms with Gasteiger partial charge in [-0.05, 0) is 37.1 Å². The number of carboxylic acids is 1. The van der Waals surface area contributed by atoms with E-state index in [0.29, 0.717) is 18.6 Å². The van der Waals surface area contributed by atoms with E-state index in [1.807, 2.05) is 0 Å². The van der Waals surface area contributed by atoms with Gasteiger partial charge in [0.2, 0.25) is 5.76 Å². The number of ether oxygens (including phenoxy) is 1. The number of halogens is 1. The van der Waals surface area contributed by atoms with Crippen molar-refractivity contribution in [1.29, 1.82) is 5.26 Å². The van der Waals surface area contributed by atoms with Crippen LogP contribution in [0, 0.1) is 17.1 Å². The predicted octanol–water partition coefficient (Wildman–Crippen LogP) is 3.58. The van der Waals surface area contributed by atoms with Crippen LogP contribution in [0.2, 0.25) is 0 Å². The van der Waals surface area contributed by atoms with Crippen molar-refractivity contribution in [2.45, 2.75) is 18.8 Å². The minimum atomic E-state index is -1.18. The fourth-order valence-electron chi connectivity index (χ4n) is 1.96. The predicted molar refractivity (Wildman–Crippen MR) is 75.2 cm³/mol. The van der Waals surface area contributed by atoms with Gasteiger partial charge >= 0.3 is 5.97 Å². The molecule has 114 valence electrons. The highest BCUT2D eigenvalue weighted by Crippen LogP contribution is 2.23. The van der Waals surface area contributed by atoms with Crippen LogP contribution in [0.1, 0.15) is 35.1 Å². The highest BCUT2D eigenvalue weighted by molar-refractivity contribution is 5.84. The van der Waals surface area contributed by atoms with Crippen molar-refractivity contribution in [2.75, 3.05) is 6.61 Å². The first-order valence-electron chi connectivity index (χ1n) is 6.71. The molecule has 1 atom stereocenters. The lowest BCUT2D eigenvalue weighted by Crippen LogP contribution is -2.02. The van der Waals surface area contributed by atoms with E-state index in [4.69, 9.17) is 19.5 Å². The summed E-state index contributed by atoms with van der Waals surface area (Å²) in [5, 5.41) is 17.9. The van der Waals surface area contributed by atoms with Gasteiger partial charge < -0.3 is 14.3 Å². The Balaban J connectivity index is 1.85. The summed E-state index contributed by atoms with van der Waals surface area (Å²) in [4.78, 5) is 10.7. The molecule has 2 rings (SSSR count). The topological polar surface area (TPSA) is 83.5 Å². The van der Waals surface area contributed by atoms with Crippen molar-refractivity contribution < 1.29 is 23.4 Å². The van der Waals surface area contributed by atoms with Crippen LogP contribution in [0.25, 0.3) is 0 Å². The molecule has 1 aromatic carbocycles. The number of carbonyl (C=O) groups is 1. The van der Waals surface area contributed by atoms with E-state index in [0.717, 1.165) is 0 Å². The van der Waals surface area contributed by atoms with Crippen LogP contribution >= 0.6 is 0 Å². The molecule has 0 aliphatic rings. The molecule has 0 bridgehead atoms. The van der Waals surface area contributed by atoms with Gasteiger partial charge in [0.15, 0.2) is 11.6 Å². The molecular weight excluding hydrogens is 289 g/mol. The molecule has 5 nitrogen and oxygen atoms in total. The molecule has 0 saturated carbocycles. The largest absolute Gasteiger partial charge is 0.491 e. The number of furan rings is 1. The maximum absolute atomic E-state index is 13.3. The molecule has 0 spiro atoms. The Bertz CT molecular complexity index is 689. The molecule has 1 aromatic heterocycles. The number of hydrogen-bond donors (Lipinski definition) is 1. The van der Waals surface area contributed by atoms with Crippen LogP contribution in [0.5, 0.6) is 5.75 Å². The Labute approximate surface area is 126 Å². The third kappa shape index (κ3) is 3.85. The SMILES string of the molecule is N#CC(CCCOc1ccccc1F)c1ccc(C(=O)O)o1. The second-order valence-corrected chi connectivity index (χ2v) is 4.61. The molecule has 22 heavy (non-hydrogen) atoms. The lowest BCUT2D eigenvalue weighted by Gasteiger charge is -2.08. The second kappa shape index (κ2) is 7.27. The first-order chi connectivity index (χ1) is 10.6. The van der Waals surface area contributed by atoms with Crippen molar-refractivity contribution in [1.82, 2.24) is 0 Å². The Morgan fingerprint density at radius 3 is 2.77 bits per heavy atom. The summed E-state index contributed by atoms with van der Waals surface area (Å²) in [6.45, 7) is 0.256. The molecule has 0 amide bonds. The van der Waals surface area contributed by atoms with Gasteiger partial charge in [0.25, 0.3) is 0 Å². The van der Waals surface area contributed by atoms with Crippen LogP contribution in [0.4, 0.5) is 4.39 Å². The van der Waals surface area contributed by atoms with Crippen LogP contribution in [0.15, 0.2) is 40.8 Å². The average molecular weight is 303 g/mol. The Hall–Kier alpha value is -2.81. The first-order valence-corrected chi connectivity index (χ1v) is 6.71. The number of carboxylic acid groups (broad SMARTS) is 1. The summed E-state index contributed by atoms with van der Waals surface area (Å²) < 4.78 is 23.7. The normalized spacial score (nSPS) is 11.6. The second-order valence-electron chi connectivity index (χ2n) is 4.61. The van der Waals surface area contributed by atoms with Gasteiger partial charge in [-0.1, -0.05) is 12.1 Å². The summed E-state index contributed by atoms with van der Waals surface area (Å²) in [6.07, 6.45) is 0.938. The quantitative estimate of drug-likeness (QED) is 0.790. The molecule has 0 aliphatic carbocycles. The molecule has 0 radical (unpaired) electrons. The Kier molecular flexibility index (Phi) is 5.15. The standard InChI is InChI=1S/C16H14FNO4/c17-12-5-1-2-6-14(12)21-9-3-4-11(10-18)13-7-8-15(22-13)16(19)20/h1-2,5-8,11H,3-4,9H2,(H,19,20). The molecule has 1 unspecified atom stereocenters. The van der Waals surface area contributed by atoms with E-state index in [9.17, 15) is 9.18 Å². The van der Waals surface area contributed by atoms with Crippen molar-refractivity contribution in [3.63, 3.8) is 0 Å². The zero-order valence-corrected chi connectivity index (χ0v) is 11.7. The Morgan fingerprint density at radius 1 is 1.36 bits per heavy atom. The zero-order valence-electron chi connectivity index (χ0n) is 11.7. The highest BCUT2D eigenvalue weighted by atomic mass is 19.1. The van der Waals surface area contributed by atoms with Crippen LogP contribution in [-0.2, 0) is 0 Å². The smallest absolute Gasteiger partial charge is 0.371 e.